The zero-order valence-electron chi connectivity index (χ0n) is 21.5. The Bertz CT molecular complexity index is 1590. The second-order valence-corrected chi connectivity index (χ2v) is 8.74. The number of hydrogen-bond donors (Lipinski definition) is 2. The van der Waals surface area contributed by atoms with E-state index < -0.39 is 40.9 Å². The largest absolute Gasteiger partial charge is 0.497 e. The lowest BCUT2D eigenvalue weighted by Gasteiger charge is -2.26. The van der Waals surface area contributed by atoms with Gasteiger partial charge in [0.2, 0.25) is 0 Å². The number of anilines is 2. The van der Waals surface area contributed by atoms with Crippen LogP contribution in [0.4, 0.5) is 21.9 Å². The Morgan fingerprint density at radius 1 is 1.07 bits per heavy atom. The molecule has 0 bridgehead atoms. The zero-order chi connectivity index (χ0) is 29.7. The van der Waals surface area contributed by atoms with Crippen molar-refractivity contribution >= 4 is 58.5 Å². The summed E-state index contributed by atoms with van der Waals surface area (Å²) < 4.78 is 16.0. The maximum absolute atomic E-state index is 13.2. The van der Waals surface area contributed by atoms with Crippen molar-refractivity contribution in [3.05, 3.63) is 86.9 Å². The predicted molar refractivity (Wildman–Crippen MR) is 147 cm³/mol. The van der Waals surface area contributed by atoms with Gasteiger partial charge >= 0.3 is 6.03 Å². The third-order valence-corrected chi connectivity index (χ3v) is 5.97. The standard InChI is InChI=1S/C27H21ClN4O9/c1-39-19-8-6-16(7-9-19)29-23(33)14-41-24-21(28)11-15(12-22(24)40-2)10-20-25(34)30-27(36)31(26(20)35)17-4-3-5-18(13-17)32(37)38/h3-13H,14H2,1-2H3,(H,29,33)(H,30,34,36)/b20-10-. The fraction of sp³-hybridized carbons (Fsp3) is 0.111. The Kier molecular flexibility index (Phi) is 8.48. The van der Waals surface area contributed by atoms with Crippen LogP contribution in [0.1, 0.15) is 5.56 Å². The van der Waals surface area contributed by atoms with Crippen molar-refractivity contribution in [1.82, 2.24) is 5.32 Å². The SMILES string of the molecule is COc1ccc(NC(=O)COc2c(Cl)cc(/C=C3/C(=O)NC(=O)N(c4cccc([N+](=O)[O-])c4)C3=O)cc2OC)cc1. The van der Waals surface area contributed by atoms with E-state index in [1.54, 1.807) is 24.3 Å². The highest BCUT2D eigenvalue weighted by Gasteiger charge is 2.37. The summed E-state index contributed by atoms with van der Waals surface area (Å²) in [5.74, 6) is -1.71. The summed E-state index contributed by atoms with van der Waals surface area (Å²) in [6.45, 7) is -0.413. The number of nitro benzene ring substituents is 1. The van der Waals surface area contributed by atoms with Gasteiger partial charge in [-0.15, -0.1) is 0 Å². The zero-order valence-corrected chi connectivity index (χ0v) is 22.3. The molecule has 0 aliphatic carbocycles. The Hall–Kier alpha value is -5.43. The van der Waals surface area contributed by atoms with E-state index in [-0.39, 0.29) is 33.5 Å². The van der Waals surface area contributed by atoms with E-state index in [0.29, 0.717) is 16.3 Å². The molecular weight excluding hydrogens is 560 g/mol. The highest BCUT2D eigenvalue weighted by molar-refractivity contribution is 6.39. The molecule has 14 heteroatoms. The van der Waals surface area contributed by atoms with Crippen LogP contribution in [0, 0.1) is 10.1 Å². The second kappa shape index (κ2) is 12.2. The van der Waals surface area contributed by atoms with Crippen molar-refractivity contribution in [3.8, 4) is 17.2 Å². The molecule has 0 saturated carbocycles. The first-order chi connectivity index (χ1) is 19.6. The van der Waals surface area contributed by atoms with E-state index in [9.17, 15) is 29.3 Å². The molecule has 1 saturated heterocycles. The number of nitro groups is 1. The molecule has 1 heterocycles. The Labute approximate surface area is 237 Å². The molecular formula is C27H21ClN4O9. The maximum atomic E-state index is 13.2. The molecule has 1 aliphatic heterocycles. The van der Waals surface area contributed by atoms with Crippen molar-refractivity contribution in [3.63, 3.8) is 0 Å². The molecule has 1 aliphatic rings. The quantitative estimate of drug-likeness (QED) is 0.165. The molecule has 0 unspecified atom stereocenters. The minimum Gasteiger partial charge on any atom is -0.497 e. The monoisotopic (exact) mass is 580 g/mol. The van der Waals surface area contributed by atoms with Gasteiger partial charge in [0.05, 0.1) is 29.9 Å². The summed E-state index contributed by atoms with van der Waals surface area (Å²) in [4.78, 5) is 61.6. The lowest BCUT2D eigenvalue weighted by molar-refractivity contribution is -0.384. The summed E-state index contributed by atoms with van der Waals surface area (Å²) in [7, 11) is 2.85. The molecule has 1 fully saturated rings. The van der Waals surface area contributed by atoms with Crippen molar-refractivity contribution in [1.29, 1.82) is 0 Å². The number of halogens is 1. The number of methoxy groups -OCH3 is 2. The normalized spacial score (nSPS) is 14.0. The lowest BCUT2D eigenvalue weighted by Crippen LogP contribution is -2.54. The van der Waals surface area contributed by atoms with Crippen LogP contribution in [0.25, 0.3) is 6.08 Å². The van der Waals surface area contributed by atoms with E-state index >= 15 is 0 Å². The van der Waals surface area contributed by atoms with Crippen LogP contribution in [0.15, 0.2) is 66.2 Å². The number of imide groups is 2. The van der Waals surface area contributed by atoms with Gasteiger partial charge in [0.25, 0.3) is 23.4 Å². The minimum atomic E-state index is -1.06. The van der Waals surface area contributed by atoms with Gasteiger partial charge in [-0.1, -0.05) is 17.7 Å². The van der Waals surface area contributed by atoms with E-state index in [2.05, 4.69) is 5.32 Å². The van der Waals surface area contributed by atoms with Crippen LogP contribution in [0.5, 0.6) is 17.2 Å². The molecule has 0 spiro atoms. The van der Waals surface area contributed by atoms with Crippen LogP contribution in [0.2, 0.25) is 5.02 Å². The molecule has 3 aromatic rings. The number of ether oxygens (including phenoxy) is 3. The molecule has 0 aromatic heterocycles. The third kappa shape index (κ3) is 6.42. The Morgan fingerprint density at radius 3 is 2.46 bits per heavy atom. The number of urea groups is 1. The first-order valence-corrected chi connectivity index (χ1v) is 12.1. The van der Waals surface area contributed by atoms with Crippen LogP contribution in [0.3, 0.4) is 0 Å². The van der Waals surface area contributed by atoms with E-state index in [0.717, 1.165) is 6.07 Å². The number of non-ortho nitro benzene ring substituents is 1. The summed E-state index contributed by atoms with van der Waals surface area (Å²) in [6.07, 6.45) is 1.17. The van der Waals surface area contributed by atoms with Crippen LogP contribution in [-0.2, 0) is 14.4 Å². The lowest BCUT2D eigenvalue weighted by atomic mass is 10.1. The second-order valence-electron chi connectivity index (χ2n) is 8.33. The fourth-order valence-corrected chi connectivity index (χ4v) is 4.05. The number of benzene rings is 3. The Balaban J connectivity index is 1.55. The number of carbonyl (C=O) groups is 4. The summed E-state index contributed by atoms with van der Waals surface area (Å²) in [5, 5.41) is 15.8. The van der Waals surface area contributed by atoms with Gasteiger partial charge in [-0.2, -0.15) is 0 Å². The van der Waals surface area contributed by atoms with Gasteiger partial charge in [-0.25, -0.2) is 9.69 Å². The molecule has 13 nitrogen and oxygen atoms in total. The minimum absolute atomic E-state index is 0.00345. The predicted octanol–water partition coefficient (Wildman–Crippen LogP) is 3.95. The summed E-state index contributed by atoms with van der Waals surface area (Å²) >= 11 is 6.38. The van der Waals surface area contributed by atoms with Crippen molar-refractivity contribution in [2.24, 2.45) is 0 Å². The highest BCUT2D eigenvalue weighted by Crippen LogP contribution is 2.37. The average Bonchev–Trinajstić information content (AvgIpc) is 2.94. The number of barbiturate groups is 1. The molecule has 2 N–H and O–H groups in total. The van der Waals surface area contributed by atoms with Crippen LogP contribution < -0.4 is 29.7 Å². The third-order valence-electron chi connectivity index (χ3n) is 5.68. The maximum Gasteiger partial charge on any atom is 0.335 e. The van der Waals surface area contributed by atoms with E-state index in [1.165, 1.54) is 50.6 Å². The molecule has 5 amide bonds. The molecule has 210 valence electrons. The van der Waals surface area contributed by atoms with Gasteiger partial charge in [-0.3, -0.25) is 29.8 Å². The summed E-state index contributed by atoms with van der Waals surface area (Å²) in [5.41, 5.74) is -0.148. The van der Waals surface area contributed by atoms with Crippen LogP contribution >= 0.6 is 11.6 Å². The number of rotatable bonds is 9. The van der Waals surface area contributed by atoms with Gasteiger partial charge in [0, 0.05) is 17.8 Å². The number of carbonyl (C=O) groups excluding carboxylic acids is 4. The molecule has 41 heavy (non-hydrogen) atoms. The fourth-order valence-electron chi connectivity index (χ4n) is 3.78. The number of amides is 5. The average molecular weight is 581 g/mol. The van der Waals surface area contributed by atoms with Gasteiger partial charge in [-0.05, 0) is 54.1 Å². The first kappa shape index (κ1) is 28.6. The molecule has 4 rings (SSSR count). The topological polar surface area (TPSA) is 166 Å². The first-order valence-electron chi connectivity index (χ1n) is 11.7. The highest BCUT2D eigenvalue weighted by atomic mass is 35.5. The van der Waals surface area contributed by atoms with Crippen molar-refractivity contribution < 1.29 is 38.3 Å². The molecule has 3 aromatic carbocycles. The summed E-state index contributed by atoms with van der Waals surface area (Å²) in [6, 6.07) is 13.2. The van der Waals surface area contributed by atoms with Gasteiger partial charge in [0.1, 0.15) is 11.3 Å². The van der Waals surface area contributed by atoms with Crippen molar-refractivity contribution in [2.45, 2.75) is 0 Å². The van der Waals surface area contributed by atoms with Gasteiger partial charge < -0.3 is 19.5 Å². The van der Waals surface area contributed by atoms with E-state index in [4.69, 9.17) is 25.8 Å². The van der Waals surface area contributed by atoms with E-state index in [1.807, 2.05) is 5.32 Å². The number of nitrogens with one attached hydrogen (secondary N) is 2. The van der Waals surface area contributed by atoms with Crippen LogP contribution in [-0.4, -0.2) is 49.5 Å². The molecule has 0 radical (unpaired) electrons. The Morgan fingerprint density at radius 2 is 1.80 bits per heavy atom. The number of nitrogens with zero attached hydrogens (tertiary/aromatic N) is 2. The molecule has 0 atom stereocenters. The van der Waals surface area contributed by atoms with Crippen molar-refractivity contribution in [2.75, 3.05) is 31.0 Å². The smallest absolute Gasteiger partial charge is 0.335 e. The number of hydrogen-bond acceptors (Lipinski definition) is 9. The van der Waals surface area contributed by atoms with Gasteiger partial charge in [0.15, 0.2) is 18.1 Å².